The maximum Gasteiger partial charge on any atom is 0.240 e. The molecule has 15 heavy (non-hydrogen) atoms. The molecule has 0 radical (unpaired) electrons. The topological polar surface area (TPSA) is 62.1 Å². The van der Waals surface area contributed by atoms with Crippen LogP contribution < -0.4 is 5.32 Å². The van der Waals surface area contributed by atoms with Gasteiger partial charge in [0.15, 0.2) is 0 Å². The molecule has 4 heteroatoms. The molecule has 1 saturated heterocycles. The van der Waals surface area contributed by atoms with Gasteiger partial charge in [0.2, 0.25) is 5.91 Å². The zero-order valence-corrected chi connectivity index (χ0v) is 8.95. The molecule has 1 amide bonds. The first kappa shape index (κ1) is 10.4. The molecule has 2 aliphatic rings. The summed E-state index contributed by atoms with van der Waals surface area (Å²) in [7, 11) is 0. The van der Waals surface area contributed by atoms with Crippen LogP contribution in [0.3, 0.4) is 0 Å². The van der Waals surface area contributed by atoms with Crippen molar-refractivity contribution < 1.29 is 9.53 Å². The summed E-state index contributed by atoms with van der Waals surface area (Å²) in [5.74, 6) is 0.313. The number of hydrogen-bond donors (Lipinski definition) is 1. The molecule has 1 heterocycles. The Morgan fingerprint density at radius 3 is 2.87 bits per heavy atom. The molecule has 2 fully saturated rings. The molecule has 0 aromatic heterocycles. The van der Waals surface area contributed by atoms with E-state index < -0.39 is 5.41 Å². The highest BCUT2D eigenvalue weighted by atomic mass is 16.5. The number of hydrogen-bond acceptors (Lipinski definition) is 3. The summed E-state index contributed by atoms with van der Waals surface area (Å²) >= 11 is 0. The molecule has 1 aliphatic heterocycles. The van der Waals surface area contributed by atoms with Crippen molar-refractivity contribution in [2.45, 2.75) is 32.2 Å². The minimum absolute atomic E-state index is 0.0931. The van der Waals surface area contributed by atoms with E-state index in [1.54, 1.807) is 0 Å². The van der Waals surface area contributed by atoms with E-state index in [0.29, 0.717) is 18.8 Å². The minimum Gasteiger partial charge on any atom is -0.381 e. The third-order valence-electron chi connectivity index (χ3n) is 3.43. The number of ether oxygens (including phenoxy) is 1. The molecule has 4 nitrogen and oxygen atoms in total. The van der Waals surface area contributed by atoms with Crippen LogP contribution in [0.25, 0.3) is 0 Å². The maximum atomic E-state index is 11.8. The van der Waals surface area contributed by atoms with Crippen molar-refractivity contribution in [1.82, 2.24) is 5.32 Å². The van der Waals surface area contributed by atoms with E-state index >= 15 is 0 Å². The molecule has 2 rings (SSSR count). The van der Waals surface area contributed by atoms with Gasteiger partial charge in [-0.3, -0.25) is 4.79 Å². The van der Waals surface area contributed by atoms with Gasteiger partial charge in [0, 0.05) is 18.6 Å². The highest BCUT2D eigenvalue weighted by Crippen LogP contribution is 2.45. The van der Waals surface area contributed by atoms with Gasteiger partial charge in [-0.25, -0.2) is 0 Å². The van der Waals surface area contributed by atoms with Gasteiger partial charge < -0.3 is 10.1 Å². The second kappa shape index (κ2) is 3.82. The van der Waals surface area contributed by atoms with Crippen molar-refractivity contribution in [2.75, 3.05) is 13.2 Å². The van der Waals surface area contributed by atoms with E-state index in [-0.39, 0.29) is 11.9 Å². The van der Waals surface area contributed by atoms with Gasteiger partial charge in [-0.2, -0.15) is 5.26 Å². The van der Waals surface area contributed by atoms with Crippen LogP contribution in [-0.4, -0.2) is 25.2 Å². The monoisotopic (exact) mass is 208 g/mol. The van der Waals surface area contributed by atoms with Gasteiger partial charge in [-0.1, -0.05) is 0 Å². The van der Waals surface area contributed by atoms with Crippen LogP contribution in [-0.2, 0) is 9.53 Å². The van der Waals surface area contributed by atoms with Crippen LogP contribution in [0.5, 0.6) is 0 Å². The number of carbonyl (C=O) groups excluding carboxylic acids is 1. The Morgan fingerprint density at radius 2 is 2.40 bits per heavy atom. The Hall–Kier alpha value is -1.08. The minimum atomic E-state index is -0.701. The van der Waals surface area contributed by atoms with E-state index in [1.807, 2.05) is 6.92 Å². The van der Waals surface area contributed by atoms with Gasteiger partial charge in [0.05, 0.1) is 12.7 Å². The van der Waals surface area contributed by atoms with Crippen LogP contribution in [0.1, 0.15) is 26.2 Å². The Balaban J connectivity index is 1.86. The molecule has 0 spiro atoms. The molecule has 2 atom stereocenters. The van der Waals surface area contributed by atoms with Gasteiger partial charge in [0.1, 0.15) is 5.41 Å². The van der Waals surface area contributed by atoms with E-state index in [0.717, 1.165) is 19.6 Å². The molecule has 0 aromatic rings. The fraction of sp³-hybridized carbons (Fsp3) is 0.818. The molecular weight excluding hydrogens is 192 g/mol. The lowest BCUT2D eigenvalue weighted by Gasteiger charge is -2.20. The van der Waals surface area contributed by atoms with E-state index in [2.05, 4.69) is 11.4 Å². The van der Waals surface area contributed by atoms with E-state index in [1.165, 1.54) is 0 Å². The predicted octanol–water partition coefficient (Wildman–Crippen LogP) is 0.831. The Morgan fingerprint density at radius 1 is 1.67 bits per heavy atom. The Kier molecular flexibility index (Phi) is 2.66. The smallest absolute Gasteiger partial charge is 0.240 e. The summed E-state index contributed by atoms with van der Waals surface area (Å²) in [4.78, 5) is 11.8. The fourth-order valence-corrected chi connectivity index (χ4v) is 1.92. The van der Waals surface area contributed by atoms with E-state index in [9.17, 15) is 4.79 Å². The summed E-state index contributed by atoms with van der Waals surface area (Å²) in [5, 5.41) is 11.8. The predicted molar refractivity (Wildman–Crippen MR) is 53.8 cm³/mol. The van der Waals surface area contributed by atoms with Crippen LogP contribution in [0.15, 0.2) is 0 Å². The number of nitriles is 1. The average Bonchev–Trinajstić information content (AvgIpc) is 2.84. The van der Waals surface area contributed by atoms with Crippen LogP contribution in [0.4, 0.5) is 0 Å². The molecule has 1 saturated carbocycles. The summed E-state index contributed by atoms with van der Waals surface area (Å²) in [5.41, 5.74) is -0.701. The number of nitrogens with zero attached hydrogens (tertiary/aromatic N) is 1. The van der Waals surface area contributed by atoms with Crippen LogP contribution >= 0.6 is 0 Å². The van der Waals surface area contributed by atoms with Crippen molar-refractivity contribution in [3.05, 3.63) is 0 Å². The maximum absolute atomic E-state index is 11.8. The van der Waals surface area contributed by atoms with Gasteiger partial charge >= 0.3 is 0 Å². The number of rotatable bonds is 3. The summed E-state index contributed by atoms with van der Waals surface area (Å²) < 4.78 is 5.27. The lowest BCUT2D eigenvalue weighted by atomic mass is 9.99. The third kappa shape index (κ3) is 1.98. The highest BCUT2D eigenvalue weighted by Gasteiger charge is 2.51. The number of carbonyl (C=O) groups is 1. The first-order valence-corrected chi connectivity index (χ1v) is 5.48. The summed E-state index contributed by atoms with van der Waals surface area (Å²) in [6, 6.07) is 2.22. The van der Waals surface area contributed by atoms with Crippen molar-refractivity contribution in [3.8, 4) is 6.07 Å². The average molecular weight is 208 g/mol. The lowest BCUT2D eigenvalue weighted by molar-refractivity contribution is -0.125. The molecule has 1 aliphatic carbocycles. The van der Waals surface area contributed by atoms with Crippen molar-refractivity contribution >= 4 is 5.91 Å². The Bertz CT molecular complexity index is 298. The second-order valence-electron chi connectivity index (χ2n) is 4.58. The van der Waals surface area contributed by atoms with Crippen molar-refractivity contribution in [3.63, 3.8) is 0 Å². The van der Waals surface area contributed by atoms with Gasteiger partial charge in [0.25, 0.3) is 0 Å². The SMILES string of the molecule is CC(NC(=O)C1(C#N)CC1)C1CCOC1. The summed E-state index contributed by atoms with van der Waals surface area (Å²) in [6.07, 6.45) is 2.42. The standard InChI is InChI=1S/C11H16N2O2/c1-8(9-2-5-15-6-9)13-10(14)11(7-12)3-4-11/h8-9H,2-6H2,1H3,(H,13,14). The fourth-order valence-electron chi connectivity index (χ4n) is 1.92. The molecule has 1 N–H and O–H groups in total. The lowest BCUT2D eigenvalue weighted by Crippen LogP contribution is -2.42. The normalized spacial score (nSPS) is 29.2. The van der Waals surface area contributed by atoms with Crippen LogP contribution in [0.2, 0.25) is 0 Å². The molecule has 82 valence electrons. The first-order chi connectivity index (χ1) is 7.18. The zero-order valence-electron chi connectivity index (χ0n) is 8.95. The molecule has 2 unspecified atom stereocenters. The Labute approximate surface area is 89.6 Å². The third-order valence-corrected chi connectivity index (χ3v) is 3.43. The summed E-state index contributed by atoms with van der Waals surface area (Å²) in [6.45, 7) is 3.50. The van der Waals surface area contributed by atoms with Crippen LogP contribution in [0, 0.1) is 22.7 Å². The number of nitrogens with one attached hydrogen (secondary N) is 1. The van der Waals surface area contributed by atoms with Crippen molar-refractivity contribution in [2.24, 2.45) is 11.3 Å². The molecule has 0 bridgehead atoms. The van der Waals surface area contributed by atoms with Crippen molar-refractivity contribution in [1.29, 1.82) is 5.26 Å². The first-order valence-electron chi connectivity index (χ1n) is 5.48. The second-order valence-corrected chi connectivity index (χ2v) is 4.58. The molecule has 0 aromatic carbocycles. The quantitative estimate of drug-likeness (QED) is 0.747. The molecular formula is C11H16N2O2. The zero-order chi connectivity index (χ0) is 10.9. The van der Waals surface area contributed by atoms with E-state index in [4.69, 9.17) is 10.00 Å². The van der Waals surface area contributed by atoms with Gasteiger partial charge in [-0.15, -0.1) is 0 Å². The largest absolute Gasteiger partial charge is 0.381 e. The number of amides is 1. The van der Waals surface area contributed by atoms with Gasteiger partial charge in [-0.05, 0) is 26.2 Å². The highest BCUT2D eigenvalue weighted by molar-refractivity contribution is 5.88.